The molecule has 0 saturated carbocycles. The van der Waals surface area contributed by atoms with Crippen LogP contribution in [0.25, 0.3) is 0 Å². The Morgan fingerprint density at radius 2 is 2.05 bits per heavy atom. The highest BCUT2D eigenvalue weighted by molar-refractivity contribution is 5.69. The Kier molecular flexibility index (Phi) is 4.66. The summed E-state index contributed by atoms with van der Waals surface area (Å²) in [4.78, 5) is 15.3. The molecule has 106 valence electrons. The number of nitrogens with zero attached hydrogens (tertiary/aromatic N) is 2. The van der Waals surface area contributed by atoms with Gasteiger partial charge in [-0.25, -0.2) is 9.37 Å². The van der Waals surface area contributed by atoms with E-state index in [1.165, 1.54) is 12.1 Å². The molecule has 1 unspecified atom stereocenters. The molecule has 0 bridgehead atoms. The third-order valence-electron chi connectivity index (χ3n) is 3.50. The number of hydrogen-bond acceptors (Lipinski definition) is 2. The van der Waals surface area contributed by atoms with Crippen LogP contribution in [0.1, 0.15) is 54.5 Å². The highest BCUT2D eigenvalue weighted by Crippen LogP contribution is 2.22. The maximum atomic E-state index is 12.9. The summed E-state index contributed by atoms with van der Waals surface area (Å²) in [5.41, 5.74) is 2.01. The number of halogens is 1. The average molecular weight is 274 g/mol. The highest BCUT2D eigenvalue weighted by Gasteiger charge is 2.15. The highest BCUT2D eigenvalue weighted by atomic mass is 19.1. The SMILES string of the molecule is CCCC(C)c1cnc(C=O)n1Cc1ccc(F)cc1. The molecule has 1 aromatic carbocycles. The van der Waals surface area contributed by atoms with Gasteiger partial charge in [0.25, 0.3) is 0 Å². The van der Waals surface area contributed by atoms with Crippen LogP contribution in [-0.4, -0.2) is 15.8 Å². The van der Waals surface area contributed by atoms with Crippen LogP contribution in [0.15, 0.2) is 30.5 Å². The van der Waals surface area contributed by atoms with Gasteiger partial charge < -0.3 is 4.57 Å². The summed E-state index contributed by atoms with van der Waals surface area (Å²) in [5.74, 6) is 0.517. The van der Waals surface area contributed by atoms with Crippen LogP contribution >= 0.6 is 0 Å². The van der Waals surface area contributed by atoms with Crippen LogP contribution in [0.5, 0.6) is 0 Å². The Hall–Kier alpha value is -1.97. The number of carbonyl (C=O) groups is 1. The van der Waals surface area contributed by atoms with E-state index in [1.807, 2.05) is 4.57 Å². The molecule has 0 spiro atoms. The number of imidazole rings is 1. The van der Waals surface area contributed by atoms with E-state index in [0.717, 1.165) is 30.4 Å². The second-order valence-electron chi connectivity index (χ2n) is 5.06. The van der Waals surface area contributed by atoms with E-state index in [9.17, 15) is 9.18 Å². The van der Waals surface area contributed by atoms with Crippen LogP contribution < -0.4 is 0 Å². The monoisotopic (exact) mass is 274 g/mol. The minimum Gasteiger partial charge on any atom is -0.321 e. The number of benzene rings is 1. The van der Waals surface area contributed by atoms with Crippen molar-refractivity contribution in [2.24, 2.45) is 0 Å². The number of carbonyl (C=O) groups excluding carboxylic acids is 1. The standard InChI is InChI=1S/C16H19FN2O/c1-3-4-12(2)15-9-18-16(11-20)19(15)10-13-5-7-14(17)8-6-13/h5-9,11-12H,3-4,10H2,1-2H3. The van der Waals surface area contributed by atoms with Crippen molar-refractivity contribution in [3.05, 3.63) is 53.4 Å². The first kappa shape index (κ1) is 14.4. The van der Waals surface area contributed by atoms with Crippen molar-refractivity contribution in [1.82, 2.24) is 9.55 Å². The first-order chi connectivity index (χ1) is 9.65. The average Bonchev–Trinajstić information content (AvgIpc) is 2.84. The van der Waals surface area contributed by atoms with E-state index < -0.39 is 0 Å². The summed E-state index contributed by atoms with van der Waals surface area (Å²) in [5, 5.41) is 0. The first-order valence-corrected chi connectivity index (χ1v) is 6.90. The van der Waals surface area contributed by atoms with Gasteiger partial charge in [0.2, 0.25) is 0 Å². The van der Waals surface area contributed by atoms with E-state index in [4.69, 9.17) is 0 Å². The van der Waals surface area contributed by atoms with Crippen LogP contribution in [0.3, 0.4) is 0 Å². The fraction of sp³-hybridized carbons (Fsp3) is 0.375. The van der Waals surface area contributed by atoms with Crippen molar-refractivity contribution in [1.29, 1.82) is 0 Å². The Labute approximate surface area is 118 Å². The fourth-order valence-electron chi connectivity index (χ4n) is 2.42. The second kappa shape index (κ2) is 6.46. The summed E-state index contributed by atoms with van der Waals surface area (Å²) in [6, 6.07) is 6.33. The molecular formula is C16H19FN2O. The molecule has 4 heteroatoms. The molecule has 0 saturated heterocycles. The van der Waals surface area contributed by atoms with Gasteiger partial charge >= 0.3 is 0 Å². The molecule has 0 radical (unpaired) electrons. The van der Waals surface area contributed by atoms with Crippen LogP contribution in [0.4, 0.5) is 4.39 Å². The van der Waals surface area contributed by atoms with Crippen molar-refractivity contribution >= 4 is 6.29 Å². The Bertz CT molecular complexity index is 575. The van der Waals surface area contributed by atoms with E-state index >= 15 is 0 Å². The smallest absolute Gasteiger partial charge is 0.185 e. The summed E-state index contributed by atoms with van der Waals surface area (Å²) >= 11 is 0. The van der Waals surface area contributed by atoms with Gasteiger partial charge in [-0.1, -0.05) is 32.4 Å². The molecule has 2 rings (SSSR count). The van der Waals surface area contributed by atoms with Crippen LogP contribution in [0.2, 0.25) is 0 Å². The zero-order valence-corrected chi connectivity index (χ0v) is 11.8. The Morgan fingerprint density at radius 3 is 2.65 bits per heavy atom. The largest absolute Gasteiger partial charge is 0.321 e. The normalized spacial score (nSPS) is 12.3. The van der Waals surface area contributed by atoms with Crippen LogP contribution in [-0.2, 0) is 6.54 Å². The van der Waals surface area contributed by atoms with Crippen molar-refractivity contribution in [3.63, 3.8) is 0 Å². The third kappa shape index (κ3) is 3.13. The topological polar surface area (TPSA) is 34.9 Å². The van der Waals surface area contributed by atoms with Crippen molar-refractivity contribution in [2.75, 3.05) is 0 Å². The molecule has 0 N–H and O–H groups in total. The number of aldehydes is 1. The maximum Gasteiger partial charge on any atom is 0.185 e. The number of rotatable bonds is 6. The molecule has 0 aliphatic rings. The van der Waals surface area contributed by atoms with Crippen molar-refractivity contribution < 1.29 is 9.18 Å². The fourth-order valence-corrected chi connectivity index (χ4v) is 2.42. The van der Waals surface area contributed by atoms with Gasteiger partial charge in [-0.05, 0) is 30.0 Å². The minimum atomic E-state index is -0.255. The van der Waals surface area contributed by atoms with Crippen molar-refractivity contribution in [3.8, 4) is 0 Å². The van der Waals surface area contributed by atoms with E-state index in [1.54, 1.807) is 18.3 Å². The molecule has 0 amide bonds. The van der Waals surface area contributed by atoms with Crippen LogP contribution in [0, 0.1) is 5.82 Å². The zero-order chi connectivity index (χ0) is 14.5. The van der Waals surface area contributed by atoms with Gasteiger partial charge in [-0.15, -0.1) is 0 Å². The summed E-state index contributed by atoms with van der Waals surface area (Å²) in [7, 11) is 0. The molecule has 0 aliphatic carbocycles. The molecule has 1 heterocycles. The summed E-state index contributed by atoms with van der Waals surface area (Å²) < 4.78 is 14.9. The van der Waals surface area contributed by atoms with Crippen molar-refractivity contribution in [2.45, 2.75) is 39.2 Å². The molecule has 0 fully saturated rings. The predicted octanol–water partition coefficient (Wildman–Crippen LogP) is 3.79. The minimum absolute atomic E-state index is 0.255. The lowest BCUT2D eigenvalue weighted by molar-refractivity contribution is 0.111. The van der Waals surface area contributed by atoms with Gasteiger partial charge in [0, 0.05) is 18.4 Å². The maximum absolute atomic E-state index is 12.9. The molecule has 1 aromatic heterocycles. The van der Waals surface area contributed by atoms with Gasteiger partial charge in [-0.2, -0.15) is 0 Å². The Balaban J connectivity index is 2.31. The summed E-state index contributed by atoms with van der Waals surface area (Å²) in [6.07, 6.45) is 4.67. The number of hydrogen-bond donors (Lipinski definition) is 0. The quantitative estimate of drug-likeness (QED) is 0.751. The Morgan fingerprint density at radius 1 is 1.35 bits per heavy atom. The molecule has 2 aromatic rings. The molecular weight excluding hydrogens is 255 g/mol. The third-order valence-corrected chi connectivity index (χ3v) is 3.50. The zero-order valence-electron chi connectivity index (χ0n) is 11.8. The molecule has 20 heavy (non-hydrogen) atoms. The lowest BCUT2D eigenvalue weighted by Gasteiger charge is -2.15. The number of aromatic nitrogens is 2. The van der Waals surface area contributed by atoms with Gasteiger partial charge in [0.15, 0.2) is 12.1 Å². The first-order valence-electron chi connectivity index (χ1n) is 6.90. The lowest BCUT2D eigenvalue weighted by atomic mass is 10.0. The summed E-state index contributed by atoms with van der Waals surface area (Å²) in [6.45, 7) is 4.81. The van der Waals surface area contributed by atoms with E-state index in [2.05, 4.69) is 18.8 Å². The molecule has 1 atom stereocenters. The second-order valence-corrected chi connectivity index (χ2v) is 5.06. The van der Waals surface area contributed by atoms with Gasteiger partial charge in [0.1, 0.15) is 5.82 Å². The van der Waals surface area contributed by atoms with Gasteiger partial charge in [0.05, 0.1) is 0 Å². The predicted molar refractivity (Wildman–Crippen MR) is 76.4 cm³/mol. The lowest BCUT2D eigenvalue weighted by Crippen LogP contribution is -2.10. The van der Waals surface area contributed by atoms with E-state index in [-0.39, 0.29) is 5.82 Å². The van der Waals surface area contributed by atoms with Gasteiger partial charge in [-0.3, -0.25) is 4.79 Å². The van der Waals surface area contributed by atoms with E-state index in [0.29, 0.717) is 18.3 Å². The molecule has 3 nitrogen and oxygen atoms in total. The molecule has 0 aliphatic heterocycles.